The first-order valence-corrected chi connectivity index (χ1v) is 8.20. The normalized spacial score (nSPS) is 10.3. The van der Waals surface area contributed by atoms with E-state index in [1.165, 1.54) is 0 Å². The molecule has 7 nitrogen and oxygen atoms in total. The number of hydrogen-bond acceptors (Lipinski definition) is 5. The summed E-state index contributed by atoms with van der Waals surface area (Å²) in [5.41, 5.74) is -0.0179. The monoisotopic (exact) mass is 357 g/mol. The summed E-state index contributed by atoms with van der Waals surface area (Å²) in [5.74, 6) is -2.20. The Bertz CT molecular complexity index is 816. The molecule has 0 saturated carbocycles. The van der Waals surface area contributed by atoms with Gasteiger partial charge in [0.25, 0.3) is 5.69 Å². The second-order valence-corrected chi connectivity index (χ2v) is 5.71. The Kier molecular flexibility index (Phi) is 6.43. The van der Waals surface area contributed by atoms with Crippen LogP contribution in [-0.2, 0) is 17.8 Å². The van der Waals surface area contributed by atoms with Crippen LogP contribution in [0.3, 0.4) is 0 Å². The van der Waals surface area contributed by atoms with E-state index >= 15 is 0 Å². The highest BCUT2D eigenvalue weighted by Gasteiger charge is 2.28. The van der Waals surface area contributed by atoms with E-state index in [9.17, 15) is 24.8 Å². The Morgan fingerprint density at radius 2 is 1.85 bits per heavy atom. The van der Waals surface area contributed by atoms with Gasteiger partial charge in [-0.05, 0) is 24.5 Å². The molecule has 0 heterocycles. The summed E-state index contributed by atoms with van der Waals surface area (Å²) in [6.07, 6.45) is 1.51. The Labute approximate surface area is 150 Å². The highest BCUT2D eigenvalue weighted by molar-refractivity contribution is 6.04. The second-order valence-electron chi connectivity index (χ2n) is 5.71. The maximum Gasteiger partial charge on any atom is 0.339 e. The van der Waals surface area contributed by atoms with E-state index in [1.807, 2.05) is 13.0 Å². The van der Waals surface area contributed by atoms with Gasteiger partial charge in [0, 0.05) is 11.6 Å². The molecule has 0 radical (unpaired) electrons. The average Bonchev–Trinajstić information content (AvgIpc) is 2.64. The number of carboxylic acid groups (broad SMARTS) is 1. The number of ether oxygens (including phenoxy) is 1. The fraction of sp³-hybridized carbons (Fsp3) is 0.263. The number of nitrogens with zero attached hydrogens (tertiary/aromatic N) is 1. The quantitative estimate of drug-likeness (QED) is 0.435. The van der Waals surface area contributed by atoms with E-state index < -0.39 is 16.9 Å². The smallest absolute Gasteiger partial charge is 0.339 e. The largest absolute Gasteiger partial charge is 0.478 e. The number of hydrogen-bond donors (Lipinski definition) is 1. The third kappa shape index (κ3) is 4.44. The van der Waals surface area contributed by atoms with Crippen LogP contribution < -0.4 is 0 Å². The molecule has 0 bridgehead atoms. The van der Waals surface area contributed by atoms with E-state index in [2.05, 4.69) is 0 Å². The molecule has 2 rings (SSSR count). The highest BCUT2D eigenvalue weighted by atomic mass is 16.6. The van der Waals surface area contributed by atoms with Gasteiger partial charge in [-0.3, -0.25) is 10.1 Å². The third-order valence-electron chi connectivity index (χ3n) is 3.91. The topological polar surface area (TPSA) is 107 Å². The molecule has 0 fully saturated rings. The van der Waals surface area contributed by atoms with Crippen molar-refractivity contribution >= 4 is 17.6 Å². The number of carbonyl (C=O) groups excluding carboxylic acids is 1. The van der Waals surface area contributed by atoms with Gasteiger partial charge in [0.1, 0.15) is 6.61 Å². The lowest BCUT2D eigenvalue weighted by atomic mass is 9.95. The molecule has 0 atom stereocenters. The van der Waals surface area contributed by atoms with Crippen molar-refractivity contribution in [2.24, 2.45) is 0 Å². The lowest BCUT2D eigenvalue weighted by molar-refractivity contribution is -0.385. The summed E-state index contributed by atoms with van der Waals surface area (Å²) < 4.78 is 5.19. The maximum absolute atomic E-state index is 12.4. The number of esters is 1. The second kappa shape index (κ2) is 8.75. The molecule has 0 amide bonds. The molecule has 26 heavy (non-hydrogen) atoms. The van der Waals surface area contributed by atoms with Crippen molar-refractivity contribution in [1.82, 2.24) is 0 Å². The fourth-order valence-electron chi connectivity index (χ4n) is 2.63. The molecule has 0 aromatic heterocycles. The Morgan fingerprint density at radius 3 is 2.42 bits per heavy atom. The number of benzene rings is 2. The van der Waals surface area contributed by atoms with Crippen LogP contribution >= 0.6 is 0 Å². The molecule has 1 N–H and O–H groups in total. The Hall–Kier alpha value is -3.22. The van der Waals surface area contributed by atoms with Gasteiger partial charge in [0.15, 0.2) is 0 Å². The third-order valence-corrected chi connectivity index (χ3v) is 3.91. The highest BCUT2D eigenvalue weighted by Crippen LogP contribution is 2.28. The molecule has 0 aliphatic carbocycles. The summed E-state index contributed by atoms with van der Waals surface area (Å²) in [7, 11) is 0. The molecule has 0 unspecified atom stereocenters. The van der Waals surface area contributed by atoms with E-state index in [0.29, 0.717) is 6.42 Å². The van der Waals surface area contributed by atoms with Crippen LogP contribution in [0.5, 0.6) is 0 Å². The van der Waals surface area contributed by atoms with Gasteiger partial charge in [0.05, 0.1) is 16.1 Å². The molecule has 136 valence electrons. The van der Waals surface area contributed by atoms with E-state index in [-0.39, 0.29) is 35.4 Å². The van der Waals surface area contributed by atoms with Gasteiger partial charge in [-0.2, -0.15) is 0 Å². The predicted molar refractivity (Wildman–Crippen MR) is 94.2 cm³/mol. The van der Waals surface area contributed by atoms with Crippen LogP contribution in [0.1, 0.15) is 51.6 Å². The van der Waals surface area contributed by atoms with Gasteiger partial charge < -0.3 is 9.84 Å². The van der Waals surface area contributed by atoms with Crippen LogP contribution in [0.25, 0.3) is 0 Å². The zero-order chi connectivity index (χ0) is 19.1. The summed E-state index contributed by atoms with van der Waals surface area (Å²) in [6.45, 7) is 1.88. The zero-order valence-corrected chi connectivity index (χ0v) is 14.3. The average molecular weight is 357 g/mol. The molecule has 7 heteroatoms. The van der Waals surface area contributed by atoms with Crippen molar-refractivity contribution in [3.05, 3.63) is 74.8 Å². The van der Waals surface area contributed by atoms with Crippen molar-refractivity contribution in [2.45, 2.75) is 32.8 Å². The SMILES string of the molecule is CCCCc1c([N+](=O)[O-])ccc(C(=O)OCc2ccccc2)c1C(=O)O. The molecule has 0 spiro atoms. The van der Waals surface area contributed by atoms with Crippen LogP contribution in [0.15, 0.2) is 42.5 Å². The number of aromatic carboxylic acids is 1. The standard InChI is InChI=1S/C19H19NO6/c1-2-3-9-14-16(20(24)25)11-10-15(17(14)18(21)22)19(23)26-12-13-7-5-4-6-8-13/h4-8,10-11H,2-3,9,12H2,1H3,(H,21,22). The number of nitro groups is 1. The number of rotatable bonds is 8. The minimum atomic E-state index is -1.38. The maximum atomic E-state index is 12.4. The molecular formula is C19H19NO6. The van der Waals surface area contributed by atoms with E-state index in [1.54, 1.807) is 24.3 Å². The zero-order valence-electron chi connectivity index (χ0n) is 14.3. The summed E-state index contributed by atoms with van der Waals surface area (Å²) >= 11 is 0. The van der Waals surface area contributed by atoms with Gasteiger partial charge in [0.2, 0.25) is 0 Å². The molecule has 0 aliphatic heterocycles. The van der Waals surface area contributed by atoms with Gasteiger partial charge in [-0.25, -0.2) is 9.59 Å². The van der Waals surface area contributed by atoms with Crippen molar-refractivity contribution in [3.63, 3.8) is 0 Å². The predicted octanol–water partition coefficient (Wildman–Crippen LogP) is 3.99. The summed E-state index contributed by atoms with van der Waals surface area (Å²) in [6, 6.07) is 11.3. The van der Waals surface area contributed by atoms with Crippen molar-refractivity contribution in [3.8, 4) is 0 Å². The van der Waals surface area contributed by atoms with Crippen LogP contribution in [0, 0.1) is 10.1 Å². The Morgan fingerprint density at radius 1 is 1.15 bits per heavy atom. The van der Waals surface area contributed by atoms with Gasteiger partial charge >= 0.3 is 11.9 Å². The molecule has 0 aliphatic rings. The van der Waals surface area contributed by atoms with Crippen LogP contribution in [0.2, 0.25) is 0 Å². The fourth-order valence-corrected chi connectivity index (χ4v) is 2.63. The first-order valence-electron chi connectivity index (χ1n) is 8.20. The van der Waals surface area contributed by atoms with Gasteiger partial charge in [-0.1, -0.05) is 43.7 Å². The number of carboxylic acids is 1. The minimum Gasteiger partial charge on any atom is -0.478 e. The number of nitro benzene ring substituents is 1. The van der Waals surface area contributed by atoms with Gasteiger partial charge in [-0.15, -0.1) is 0 Å². The van der Waals surface area contributed by atoms with Crippen molar-refractivity contribution in [1.29, 1.82) is 0 Å². The first-order chi connectivity index (χ1) is 12.5. The summed E-state index contributed by atoms with van der Waals surface area (Å²) in [4.78, 5) is 34.7. The molecular weight excluding hydrogens is 338 g/mol. The molecule has 2 aromatic carbocycles. The van der Waals surface area contributed by atoms with E-state index in [4.69, 9.17) is 4.74 Å². The van der Waals surface area contributed by atoms with Crippen LogP contribution in [0.4, 0.5) is 5.69 Å². The van der Waals surface area contributed by atoms with Crippen molar-refractivity contribution in [2.75, 3.05) is 0 Å². The Balaban J connectivity index is 2.38. The van der Waals surface area contributed by atoms with Crippen LogP contribution in [-0.4, -0.2) is 22.0 Å². The lowest BCUT2D eigenvalue weighted by Crippen LogP contribution is -2.16. The minimum absolute atomic E-state index is 0.0139. The molecule has 2 aromatic rings. The number of carbonyl (C=O) groups is 2. The lowest BCUT2D eigenvalue weighted by Gasteiger charge is -2.12. The molecule has 0 saturated heterocycles. The first kappa shape index (κ1) is 19.1. The summed E-state index contributed by atoms with van der Waals surface area (Å²) in [5, 5.41) is 20.8. The number of unbranched alkanes of at least 4 members (excludes halogenated alkanes) is 1. The van der Waals surface area contributed by atoms with E-state index in [0.717, 1.165) is 24.1 Å². The van der Waals surface area contributed by atoms with Crippen molar-refractivity contribution < 1.29 is 24.4 Å².